The van der Waals surface area contributed by atoms with E-state index >= 15 is 0 Å². The third-order valence-corrected chi connectivity index (χ3v) is 4.53. The lowest BCUT2D eigenvalue weighted by Gasteiger charge is -2.16. The van der Waals surface area contributed by atoms with Gasteiger partial charge in [-0.1, -0.05) is 6.07 Å². The molecule has 3 N–H and O–H groups in total. The van der Waals surface area contributed by atoms with Crippen LogP contribution in [0.1, 0.15) is 18.9 Å². The third kappa shape index (κ3) is 4.97. The smallest absolute Gasteiger partial charge is 0.244 e. The first-order valence-electron chi connectivity index (χ1n) is 6.87. The summed E-state index contributed by atoms with van der Waals surface area (Å²) in [7, 11) is -2.50. The van der Waals surface area contributed by atoms with Crippen LogP contribution in [0, 0.1) is 6.92 Å². The number of rotatable bonds is 8. The summed E-state index contributed by atoms with van der Waals surface area (Å²) in [5.74, 6) is -0.241. The number of hydrogen-bond donors (Lipinski definition) is 3. The second kappa shape index (κ2) is 8.11. The van der Waals surface area contributed by atoms with E-state index in [4.69, 9.17) is 9.84 Å². The van der Waals surface area contributed by atoms with Crippen molar-refractivity contribution in [1.29, 1.82) is 0 Å². The second-order valence-electron chi connectivity index (χ2n) is 4.87. The Morgan fingerprint density at radius 3 is 2.68 bits per heavy atom. The van der Waals surface area contributed by atoms with E-state index in [1.54, 1.807) is 19.1 Å². The van der Waals surface area contributed by atoms with Gasteiger partial charge in [0, 0.05) is 13.2 Å². The minimum Gasteiger partial charge on any atom is -0.495 e. The minimum atomic E-state index is -3.89. The molecule has 0 radical (unpaired) electrons. The molecule has 1 rings (SSSR count). The number of aryl methyl sites for hydroxylation is 1. The summed E-state index contributed by atoms with van der Waals surface area (Å²) in [4.78, 5) is 11.8. The highest BCUT2D eigenvalue weighted by molar-refractivity contribution is 7.89. The van der Waals surface area contributed by atoms with Crippen LogP contribution in [-0.4, -0.2) is 45.7 Å². The molecule has 0 heterocycles. The average molecular weight is 330 g/mol. The first kappa shape index (κ1) is 18.4. The van der Waals surface area contributed by atoms with Crippen LogP contribution in [0.3, 0.4) is 0 Å². The summed E-state index contributed by atoms with van der Waals surface area (Å²) >= 11 is 0. The Kier molecular flexibility index (Phi) is 6.79. The van der Waals surface area contributed by atoms with E-state index in [9.17, 15) is 13.2 Å². The van der Waals surface area contributed by atoms with Gasteiger partial charge in [-0.2, -0.15) is 4.72 Å². The zero-order valence-electron chi connectivity index (χ0n) is 12.9. The van der Waals surface area contributed by atoms with Crippen LogP contribution in [0.15, 0.2) is 23.1 Å². The van der Waals surface area contributed by atoms with Gasteiger partial charge in [0.1, 0.15) is 10.6 Å². The number of methoxy groups -OCH3 is 1. The van der Waals surface area contributed by atoms with Gasteiger partial charge < -0.3 is 15.2 Å². The lowest BCUT2D eigenvalue weighted by atomic mass is 10.2. The predicted octanol–water partition coefficient (Wildman–Crippen LogP) is 0.169. The first-order chi connectivity index (χ1) is 10.3. The first-order valence-corrected chi connectivity index (χ1v) is 8.35. The van der Waals surface area contributed by atoms with Gasteiger partial charge in [0.25, 0.3) is 0 Å². The lowest BCUT2D eigenvalue weighted by molar-refractivity contribution is -0.122. The van der Waals surface area contributed by atoms with Crippen molar-refractivity contribution in [2.75, 3.05) is 20.3 Å². The SMILES string of the molecule is COc1ccc(C)cc1S(=O)(=O)N[C@@H](C)C(=O)NCCCO. The summed E-state index contributed by atoms with van der Waals surface area (Å²) < 4.78 is 32.2. The zero-order chi connectivity index (χ0) is 16.8. The molecular formula is C14H22N2O5S. The number of carbonyl (C=O) groups is 1. The Morgan fingerprint density at radius 2 is 2.09 bits per heavy atom. The summed E-state index contributed by atoms with van der Waals surface area (Å²) in [5, 5.41) is 11.2. The van der Waals surface area contributed by atoms with E-state index in [0.29, 0.717) is 6.42 Å². The molecule has 1 aromatic rings. The average Bonchev–Trinajstić information content (AvgIpc) is 2.46. The Balaban J connectivity index is 2.87. The van der Waals surface area contributed by atoms with E-state index in [0.717, 1.165) is 5.56 Å². The Bertz CT molecular complexity index is 616. The van der Waals surface area contributed by atoms with Gasteiger partial charge in [0.15, 0.2) is 0 Å². The maximum absolute atomic E-state index is 12.4. The fourth-order valence-corrected chi connectivity index (χ4v) is 3.24. The molecule has 22 heavy (non-hydrogen) atoms. The van der Waals surface area contributed by atoms with E-state index < -0.39 is 22.0 Å². The molecule has 1 amide bonds. The summed E-state index contributed by atoms with van der Waals surface area (Å²) in [6, 6.07) is 3.85. The van der Waals surface area contributed by atoms with Crippen molar-refractivity contribution < 1.29 is 23.1 Å². The van der Waals surface area contributed by atoms with Crippen LogP contribution in [0.2, 0.25) is 0 Å². The molecule has 0 bridgehead atoms. The monoisotopic (exact) mass is 330 g/mol. The molecular weight excluding hydrogens is 308 g/mol. The van der Waals surface area contributed by atoms with Gasteiger partial charge >= 0.3 is 0 Å². The van der Waals surface area contributed by atoms with Crippen molar-refractivity contribution in [1.82, 2.24) is 10.0 Å². The Morgan fingerprint density at radius 1 is 1.41 bits per heavy atom. The van der Waals surface area contributed by atoms with Crippen LogP contribution in [0.4, 0.5) is 0 Å². The van der Waals surface area contributed by atoms with Crippen molar-refractivity contribution in [3.63, 3.8) is 0 Å². The molecule has 0 aliphatic rings. The molecule has 0 saturated heterocycles. The highest BCUT2D eigenvalue weighted by Crippen LogP contribution is 2.24. The molecule has 7 nitrogen and oxygen atoms in total. The number of aliphatic hydroxyl groups excluding tert-OH is 1. The number of nitrogens with one attached hydrogen (secondary N) is 2. The molecule has 1 atom stereocenters. The number of sulfonamides is 1. The summed E-state index contributed by atoms with van der Waals surface area (Å²) in [6.07, 6.45) is 0.414. The van der Waals surface area contributed by atoms with Crippen LogP contribution in [-0.2, 0) is 14.8 Å². The van der Waals surface area contributed by atoms with Crippen LogP contribution >= 0.6 is 0 Å². The lowest BCUT2D eigenvalue weighted by Crippen LogP contribution is -2.45. The predicted molar refractivity (Wildman–Crippen MR) is 82.2 cm³/mol. The quantitative estimate of drug-likeness (QED) is 0.589. The van der Waals surface area contributed by atoms with Crippen LogP contribution in [0.25, 0.3) is 0 Å². The maximum Gasteiger partial charge on any atom is 0.244 e. The van der Waals surface area contributed by atoms with Gasteiger partial charge in [-0.05, 0) is 38.0 Å². The zero-order valence-corrected chi connectivity index (χ0v) is 13.7. The molecule has 0 aliphatic carbocycles. The van der Waals surface area contributed by atoms with E-state index in [1.165, 1.54) is 20.1 Å². The summed E-state index contributed by atoms with van der Waals surface area (Å²) in [6.45, 7) is 3.47. The molecule has 0 saturated carbocycles. The third-order valence-electron chi connectivity index (χ3n) is 2.97. The number of hydrogen-bond acceptors (Lipinski definition) is 5. The molecule has 8 heteroatoms. The highest BCUT2D eigenvalue weighted by Gasteiger charge is 2.24. The van der Waals surface area contributed by atoms with Crippen LogP contribution < -0.4 is 14.8 Å². The van der Waals surface area contributed by atoms with Crippen LogP contribution in [0.5, 0.6) is 5.75 Å². The molecule has 0 unspecified atom stereocenters. The molecule has 0 spiro atoms. The molecule has 124 valence electrons. The summed E-state index contributed by atoms with van der Waals surface area (Å²) in [5.41, 5.74) is 0.765. The van der Waals surface area contributed by atoms with E-state index in [-0.39, 0.29) is 23.8 Å². The Labute approximate surface area is 130 Å². The largest absolute Gasteiger partial charge is 0.495 e. The van der Waals surface area contributed by atoms with Crippen molar-refractivity contribution in [2.45, 2.75) is 31.2 Å². The number of aliphatic hydroxyl groups is 1. The Hall–Kier alpha value is -1.64. The number of benzene rings is 1. The van der Waals surface area contributed by atoms with Gasteiger partial charge in [0.05, 0.1) is 13.2 Å². The normalized spacial score (nSPS) is 12.7. The highest BCUT2D eigenvalue weighted by atomic mass is 32.2. The van der Waals surface area contributed by atoms with Crippen molar-refractivity contribution in [3.8, 4) is 5.75 Å². The molecule has 1 aromatic carbocycles. The fraction of sp³-hybridized carbons (Fsp3) is 0.500. The van der Waals surface area contributed by atoms with Gasteiger partial charge in [-0.3, -0.25) is 4.79 Å². The molecule has 0 fully saturated rings. The number of carbonyl (C=O) groups excluding carboxylic acids is 1. The van der Waals surface area contributed by atoms with Gasteiger partial charge in [-0.25, -0.2) is 8.42 Å². The second-order valence-corrected chi connectivity index (χ2v) is 6.55. The van der Waals surface area contributed by atoms with Crippen molar-refractivity contribution in [3.05, 3.63) is 23.8 Å². The van der Waals surface area contributed by atoms with Crippen molar-refractivity contribution >= 4 is 15.9 Å². The standard InChI is InChI=1S/C14H22N2O5S/c1-10-5-6-12(21-3)13(9-10)22(19,20)16-11(2)14(18)15-7-4-8-17/h5-6,9,11,16-17H,4,7-8H2,1-3H3,(H,15,18)/t11-/m0/s1. The molecule has 0 aromatic heterocycles. The minimum absolute atomic E-state index is 0.00925. The number of ether oxygens (including phenoxy) is 1. The van der Waals surface area contributed by atoms with Gasteiger partial charge in [-0.15, -0.1) is 0 Å². The molecule has 0 aliphatic heterocycles. The van der Waals surface area contributed by atoms with E-state index in [1.807, 2.05) is 0 Å². The topological polar surface area (TPSA) is 105 Å². The number of amides is 1. The maximum atomic E-state index is 12.4. The van der Waals surface area contributed by atoms with Crippen molar-refractivity contribution in [2.24, 2.45) is 0 Å². The fourth-order valence-electron chi connectivity index (χ4n) is 1.79. The van der Waals surface area contributed by atoms with Gasteiger partial charge in [0.2, 0.25) is 15.9 Å². The van der Waals surface area contributed by atoms with E-state index in [2.05, 4.69) is 10.0 Å².